The first-order valence-electron chi connectivity index (χ1n) is 14.4. The van der Waals surface area contributed by atoms with Gasteiger partial charge in [-0.2, -0.15) is 26.3 Å². The molecular weight excluding hydrogens is 616 g/mol. The average molecular weight is 650 g/mol. The lowest BCUT2D eigenvalue weighted by Crippen LogP contribution is -2.56. The summed E-state index contributed by atoms with van der Waals surface area (Å²) in [5, 5.41) is 0. The molecule has 0 aliphatic carbocycles. The van der Waals surface area contributed by atoms with Gasteiger partial charge in [0.15, 0.2) is 6.79 Å². The van der Waals surface area contributed by atoms with Gasteiger partial charge in [0, 0.05) is 56.3 Å². The quantitative estimate of drug-likeness (QED) is 0.119. The molecular formula is C33H33F6N3O4. The highest BCUT2D eigenvalue weighted by molar-refractivity contribution is 5.95. The smallest absolute Gasteiger partial charge is 0.416 e. The summed E-state index contributed by atoms with van der Waals surface area (Å²) in [5.41, 5.74) is -1.47. The van der Waals surface area contributed by atoms with Gasteiger partial charge in [-0.1, -0.05) is 24.0 Å². The lowest BCUT2D eigenvalue weighted by atomic mass is 9.98. The Hall–Kier alpha value is -4.12. The standard InChI is InChI=1S/C33H33F6N3O4/c1-23-7-8-25(16-30(23)46-22-45-14-13-44-2)15-29-21-41(10-4-6-24-5-3-9-40-20-24)11-12-42(29)31(43)26-17-27(32(34,35)36)19-28(18-26)33(37,38)39/h3,5,7-9,16-20,29H,10-15,21-22H2,1-2H3. The first-order chi connectivity index (χ1) is 21.8. The lowest BCUT2D eigenvalue weighted by molar-refractivity contribution is -0.143. The number of methoxy groups -OCH3 is 1. The summed E-state index contributed by atoms with van der Waals surface area (Å²) >= 11 is 0. The first kappa shape index (κ1) is 34.7. The van der Waals surface area contributed by atoms with Crippen LogP contribution in [0.5, 0.6) is 5.75 Å². The van der Waals surface area contributed by atoms with Gasteiger partial charge in [0.25, 0.3) is 5.91 Å². The largest absolute Gasteiger partial charge is 0.467 e. The highest BCUT2D eigenvalue weighted by Crippen LogP contribution is 2.37. The maximum atomic E-state index is 13.7. The third kappa shape index (κ3) is 9.69. The van der Waals surface area contributed by atoms with Crippen LogP contribution in [-0.2, 0) is 28.2 Å². The third-order valence-corrected chi connectivity index (χ3v) is 7.31. The molecule has 0 saturated carbocycles. The molecule has 7 nitrogen and oxygen atoms in total. The predicted molar refractivity (Wildman–Crippen MR) is 157 cm³/mol. The van der Waals surface area contributed by atoms with E-state index < -0.39 is 41.0 Å². The van der Waals surface area contributed by atoms with Gasteiger partial charge in [-0.05, 0) is 60.9 Å². The number of rotatable bonds is 10. The van der Waals surface area contributed by atoms with Crippen molar-refractivity contribution in [3.05, 3.63) is 94.3 Å². The van der Waals surface area contributed by atoms with E-state index in [4.69, 9.17) is 14.2 Å². The van der Waals surface area contributed by atoms with Gasteiger partial charge in [-0.3, -0.25) is 14.7 Å². The fraction of sp³-hybridized carbons (Fsp3) is 0.394. The second-order valence-electron chi connectivity index (χ2n) is 10.7. The van der Waals surface area contributed by atoms with E-state index in [2.05, 4.69) is 16.8 Å². The molecule has 0 N–H and O–H groups in total. The maximum Gasteiger partial charge on any atom is 0.416 e. The molecule has 1 aliphatic heterocycles. The summed E-state index contributed by atoms with van der Waals surface area (Å²) in [7, 11) is 1.55. The van der Waals surface area contributed by atoms with Crippen LogP contribution in [0.25, 0.3) is 0 Å². The number of halogens is 6. The highest BCUT2D eigenvalue weighted by atomic mass is 19.4. The summed E-state index contributed by atoms with van der Waals surface area (Å²) in [5.74, 6) is 5.71. The van der Waals surface area contributed by atoms with Crippen molar-refractivity contribution >= 4 is 5.91 Å². The zero-order valence-electron chi connectivity index (χ0n) is 25.3. The minimum Gasteiger partial charge on any atom is -0.467 e. The van der Waals surface area contributed by atoms with Crippen LogP contribution in [0.4, 0.5) is 26.3 Å². The molecule has 1 fully saturated rings. The van der Waals surface area contributed by atoms with Gasteiger partial charge in [-0.25, -0.2) is 0 Å². The number of alkyl halides is 6. The van der Waals surface area contributed by atoms with Gasteiger partial charge in [0.2, 0.25) is 0 Å². The Morgan fingerprint density at radius 2 is 1.74 bits per heavy atom. The Balaban J connectivity index is 1.60. The fourth-order valence-electron chi connectivity index (χ4n) is 4.95. The summed E-state index contributed by atoms with van der Waals surface area (Å²) in [6.45, 7) is 3.54. The molecule has 3 aromatic rings. The molecule has 0 radical (unpaired) electrons. The van der Waals surface area contributed by atoms with E-state index in [1.807, 2.05) is 30.0 Å². The van der Waals surface area contributed by atoms with Crippen LogP contribution >= 0.6 is 0 Å². The highest BCUT2D eigenvalue weighted by Gasteiger charge is 2.39. The minimum absolute atomic E-state index is 0.0138. The van der Waals surface area contributed by atoms with Crippen molar-refractivity contribution in [2.45, 2.75) is 31.7 Å². The maximum absolute atomic E-state index is 13.7. The molecule has 46 heavy (non-hydrogen) atoms. The van der Waals surface area contributed by atoms with E-state index in [1.165, 1.54) is 4.90 Å². The van der Waals surface area contributed by atoms with Gasteiger partial charge >= 0.3 is 12.4 Å². The Morgan fingerprint density at radius 3 is 2.39 bits per heavy atom. The molecule has 0 spiro atoms. The van der Waals surface area contributed by atoms with E-state index in [1.54, 1.807) is 31.6 Å². The van der Waals surface area contributed by atoms with E-state index in [9.17, 15) is 31.1 Å². The van der Waals surface area contributed by atoms with Crippen LogP contribution < -0.4 is 4.74 Å². The number of carbonyl (C=O) groups is 1. The number of hydrogen-bond acceptors (Lipinski definition) is 6. The van der Waals surface area contributed by atoms with E-state index >= 15 is 0 Å². The number of nitrogens with zero attached hydrogens (tertiary/aromatic N) is 3. The van der Waals surface area contributed by atoms with E-state index in [-0.39, 0.29) is 32.4 Å². The molecule has 1 aliphatic rings. The van der Waals surface area contributed by atoms with E-state index in [0.29, 0.717) is 44.2 Å². The topological polar surface area (TPSA) is 64.1 Å². The normalized spacial score (nSPS) is 15.7. The van der Waals surface area contributed by atoms with Gasteiger partial charge < -0.3 is 19.1 Å². The monoisotopic (exact) mass is 649 g/mol. The molecule has 1 amide bonds. The van der Waals surface area contributed by atoms with Crippen molar-refractivity contribution in [1.29, 1.82) is 0 Å². The number of amides is 1. The second-order valence-corrected chi connectivity index (χ2v) is 10.7. The minimum atomic E-state index is -5.08. The molecule has 13 heteroatoms. The number of hydrogen-bond donors (Lipinski definition) is 0. The number of carbonyl (C=O) groups excluding carboxylic acids is 1. The molecule has 2 heterocycles. The van der Waals surface area contributed by atoms with Crippen LogP contribution in [0.1, 0.15) is 38.2 Å². The Morgan fingerprint density at radius 1 is 1.00 bits per heavy atom. The second kappa shape index (κ2) is 15.4. The van der Waals surface area contributed by atoms with Crippen molar-refractivity contribution in [3.8, 4) is 17.6 Å². The molecule has 246 valence electrons. The van der Waals surface area contributed by atoms with Gasteiger partial charge in [-0.15, -0.1) is 0 Å². The number of aryl methyl sites for hydroxylation is 1. The predicted octanol–water partition coefficient (Wildman–Crippen LogP) is 5.85. The van der Waals surface area contributed by atoms with Crippen molar-refractivity contribution in [3.63, 3.8) is 0 Å². The molecule has 1 unspecified atom stereocenters. The Bertz CT molecular complexity index is 1500. The van der Waals surface area contributed by atoms with Crippen LogP contribution in [0.3, 0.4) is 0 Å². The molecule has 1 atom stereocenters. The first-order valence-corrected chi connectivity index (χ1v) is 14.4. The molecule has 1 saturated heterocycles. The number of ether oxygens (including phenoxy) is 3. The summed E-state index contributed by atoms with van der Waals surface area (Å²) in [4.78, 5) is 21.1. The average Bonchev–Trinajstić information content (AvgIpc) is 3.01. The Labute approximate surface area is 263 Å². The molecule has 1 aromatic heterocycles. The summed E-state index contributed by atoms with van der Waals surface area (Å²) in [6.07, 6.45) is -6.65. The molecule has 0 bridgehead atoms. The van der Waals surface area contributed by atoms with Crippen molar-refractivity contribution < 1.29 is 45.3 Å². The zero-order valence-corrected chi connectivity index (χ0v) is 25.3. The van der Waals surface area contributed by atoms with E-state index in [0.717, 1.165) is 16.7 Å². The number of pyridine rings is 1. The van der Waals surface area contributed by atoms with Crippen LogP contribution in [0, 0.1) is 18.8 Å². The Kier molecular flexibility index (Phi) is 11.7. The third-order valence-electron chi connectivity index (χ3n) is 7.31. The molecule has 4 rings (SSSR count). The summed E-state index contributed by atoms with van der Waals surface area (Å²) in [6, 6.07) is 9.38. The van der Waals surface area contributed by atoms with Gasteiger partial charge in [0.1, 0.15) is 5.75 Å². The van der Waals surface area contributed by atoms with Crippen LogP contribution in [-0.4, -0.2) is 80.0 Å². The van der Waals surface area contributed by atoms with Crippen molar-refractivity contribution in [2.24, 2.45) is 0 Å². The number of piperazine rings is 1. The van der Waals surface area contributed by atoms with Crippen LogP contribution in [0.2, 0.25) is 0 Å². The molecule has 2 aromatic carbocycles. The fourth-order valence-corrected chi connectivity index (χ4v) is 4.95. The lowest BCUT2D eigenvalue weighted by Gasteiger charge is -2.41. The van der Waals surface area contributed by atoms with Crippen molar-refractivity contribution in [1.82, 2.24) is 14.8 Å². The zero-order chi connectivity index (χ0) is 33.3. The number of benzene rings is 2. The van der Waals surface area contributed by atoms with Crippen LogP contribution in [0.15, 0.2) is 60.9 Å². The number of aromatic nitrogens is 1. The SMILES string of the molecule is COCCOCOc1cc(CC2CN(CC#Cc3cccnc3)CCN2C(=O)c2cc(C(F)(F)F)cc(C(F)(F)F)c2)ccc1C. The summed E-state index contributed by atoms with van der Waals surface area (Å²) < 4.78 is 97.5. The van der Waals surface area contributed by atoms with Crippen molar-refractivity contribution in [2.75, 3.05) is 53.3 Å². The van der Waals surface area contributed by atoms with Gasteiger partial charge in [0.05, 0.1) is 30.9 Å².